The van der Waals surface area contributed by atoms with Gasteiger partial charge in [0.15, 0.2) is 5.82 Å². The van der Waals surface area contributed by atoms with E-state index >= 15 is 0 Å². The van der Waals surface area contributed by atoms with E-state index in [1.807, 2.05) is 18.2 Å². The van der Waals surface area contributed by atoms with Gasteiger partial charge in [0.05, 0.1) is 12.1 Å². The quantitative estimate of drug-likeness (QED) is 0.357. The molecule has 2 aromatic heterocycles. The summed E-state index contributed by atoms with van der Waals surface area (Å²) in [7, 11) is 0. The average Bonchev–Trinajstić information content (AvgIpc) is 3.01. The minimum absolute atomic E-state index is 0. The van der Waals surface area contributed by atoms with Gasteiger partial charge in [-0.1, -0.05) is 0 Å². The summed E-state index contributed by atoms with van der Waals surface area (Å²) < 4.78 is 10.5. The largest absolute Gasteiger partial charge is 0.493 e. The Morgan fingerprint density at radius 2 is 2.15 bits per heavy atom. The minimum atomic E-state index is -0.426. The van der Waals surface area contributed by atoms with E-state index in [1.54, 1.807) is 6.07 Å². The van der Waals surface area contributed by atoms with Crippen LogP contribution >= 0.6 is 24.0 Å². The molecule has 3 rings (SSSR count). The number of anilines is 2. The number of alkyl halides is 1. The van der Waals surface area contributed by atoms with Crippen molar-refractivity contribution in [3.63, 3.8) is 0 Å². The number of aromatic nitrogens is 4. The molecule has 0 radical (unpaired) electrons. The summed E-state index contributed by atoms with van der Waals surface area (Å²) >= 11 is 5.65. The third-order valence-corrected chi connectivity index (χ3v) is 3.48. The molecule has 3 aromatic rings. The molecule has 0 saturated carbocycles. The Labute approximate surface area is 160 Å². The summed E-state index contributed by atoms with van der Waals surface area (Å²) in [6.45, 7) is 1.87. The number of aromatic amines is 1. The van der Waals surface area contributed by atoms with Crippen molar-refractivity contribution in [2.75, 3.05) is 17.8 Å². The molecule has 0 bridgehead atoms. The number of carbonyl (C=O) groups excluding carboxylic acids is 1. The molecule has 26 heavy (non-hydrogen) atoms. The van der Waals surface area contributed by atoms with Gasteiger partial charge in [-0.25, -0.2) is 15.1 Å². The number of hydrogen-bond acceptors (Lipinski definition) is 7. The van der Waals surface area contributed by atoms with Crippen LogP contribution in [0.25, 0.3) is 10.9 Å². The van der Waals surface area contributed by atoms with Crippen molar-refractivity contribution in [1.82, 2.24) is 20.2 Å². The summed E-state index contributed by atoms with van der Waals surface area (Å²) in [6, 6.07) is 7.12. The Kier molecular flexibility index (Phi) is 6.99. The van der Waals surface area contributed by atoms with Gasteiger partial charge in [-0.15, -0.1) is 24.0 Å². The van der Waals surface area contributed by atoms with Crippen molar-refractivity contribution in [1.29, 1.82) is 0 Å². The van der Waals surface area contributed by atoms with Crippen molar-refractivity contribution in [3.05, 3.63) is 30.6 Å². The Morgan fingerprint density at radius 3 is 2.92 bits per heavy atom. The molecule has 0 aliphatic heterocycles. The Morgan fingerprint density at radius 1 is 1.31 bits per heavy atom. The van der Waals surface area contributed by atoms with Crippen LogP contribution in [-0.2, 0) is 4.79 Å². The third-order valence-electron chi connectivity index (χ3n) is 3.21. The maximum atomic E-state index is 11.0. The average molecular weight is 398 g/mol. The van der Waals surface area contributed by atoms with Gasteiger partial charge in [0.25, 0.3) is 0 Å². The van der Waals surface area contributed by atoms with Crippen LogP contribution < -0.4 is 14.8 Å². The maximum absolute atomic E-state index is 11.0. The smallest absolute Gasteiger partial charge is 0.309 e. The summed E-state index contributed by atoms with van der Waals surface area (Å²) in [5.74, 6) is 2.16. The zero-order valence-electron chi connectivity index (χ0n) is 13.9. The molecule has 2 N–H and O–H groups in total. The van der Waals surface area contributed by atoms with Crippen LogP contribution in [0.4, 0.5) is 11.6 Å². The molecule has 0 amide bonds. The lowest BCUT2D eigenvalue weighted by Gasteiger charge is -2.08. The molecule has 2 heterocycles. The van der Waals surface area contributed by atoms with Crippen molar-refractivity contribution >= 4 is 52.5 Å². The Hall–Kier alpha value is -2.58. The number of hydrogen-bond donors (Lipinski definition) is 2. The van der Waals surface area contributed by atoms with Gasteiger partial charge in [-0.2, -0.15) is 5.10 Å². The molecule has 138 valence electrons. The van der Waals surface area contributed by atoms with Gasteiger partial charge >= 0.3 is 5.97 Å². The topological polar surface area (TPSA) is 102 Å². The third kappa shape index (κ3) is 4.96. The molecule has 0 fully saturated rings. The van der Waals surface area contributed by atoms with Crippen LogP contribution in [0.15, 0.2) is 30.6 Å². The van der Waals surface area contributed by atoms with Crippen molar-refractivity contribution in [2.24, 2.45) is 0 Å². The summed E-state index contributed by atoms with van der Waals surface area (Å²) in [5.41, 5.74) is 0.733. The van der Waals surface area contributed by atoms with Crippen LogP contribution in [0.2, 0.25) is 0 Å². The number of benzene rings is 1. The van der Waals surface area contributed by atoms with E-state index in [0.29, 0.717) is 24.1 Å². The molecule has 0 saturated heterocycles. The van der Waals surface area contributed by atoms with E-state index in [4.69, 9.17) is 21.1 Å². The Balaban J connectivity index is 0.00000243. The molecular weight excluding hydrogens is 381 g/mol. The number of H-pyrrole nitrogens is 1. The van der Waals surface area contributed by atoms with Crippen LogP contribution in [0.1, 0.15) is 13.3 Å². The van der Waals surface area contributed by atoms with Gasteiger partial charge < -0.3 is 14.8 Å². The number of nitrogens with one attached hydrogen (secondary N) is 2. The van der Waals surface area contributed by atoms with Crippen molar-refractivity contribution in [3.8, 4) is 11.6 Å². The van der Waals surface area contributed by atoms with E-state index in [9.17, 15) is 4.79 Å². The lowest BCUT2D eigenvalue weighted by Crippen LogP contribution is -2.01. The molecule has 0 spiro atoms. The standard InChI is InChI=1S/C16H16ClN5O3.ClH/c1-10(23)25-15-8-14(21-22-15)20-16-12-4-3-11(24-6-2-5-17)7-13(12)18-9-19-16;/h3-4,7-9H,2,5-6H2,1H3,(H2,18,19,20,21,22);1H. The van der Waals surface area contributed by atoms with E-state index < -0.39 is 5.97 Å². The second-order valence-corrected chi connectivity index (χ2v) is 5.51. The van der Waals surface area contributed by atoms with Crippen LogP contribution in [0.5, 0.6) is 11.6 Å². The number of ether oxygens (including phenoxy) is 2. The highest BCUT2D eigenvalue weighted by Crippen LogP contribution is 2.26. The highest BCUT2D eigenvalue weighted by atomic mass is 35.5. The Bertz CT molecular complexity index is 887. The van der Waals surface area contributed by atoms with E-state index in [0.717, 1.165) is 23.1 Å². The number of fused-ring (bicyclic) bond motifs is 1. The van der Waals surface area contributed by atoms with Gasteiger partial charge in [-0.3, -0.25) is 4.79 Å². The predicted octanol–water partition coefficient (Wildman–Crippen LogP) is 3.45. The highest BCUT2D eigenvalue weighted by molar-refractivity contribution is 6.17. The second kappa shape index (κ2) is 9.21. The molecule has 8 nitrogen and oxygen atoms in total. The lowest BCUT2D eigenvalue weighted by atomic mass is 10.2. The number of rotatable bonds is 7. The molecule has 10 heteroatoms. The first-order valence-corrected chi connectivity index (χ1v) is 8.13. The highest BCUT2D eigenvalue weighted by Gasteiger charge is 2.09. The van der Waals surface area contributed by atoms with E-state index in [2.05, 4.69) is 25.5 Å². The second-order valence-electron chi connectivity index (χ2n) is 5.13. The predicted molar refractivity (Wildman–Crippen MR) is 101 cm³/mol. The number of nitrogens with zero attached hydrogens (tertiary/aromatic N) is 3. The SMILES string of the molecule is CC(=O)Oc1cc(Nc2ncnc3cc(OCCCCl)ccc23)n[nH]1.Cl. The van der Waals surface area contributed by atoms with Gasteiger partial charge in [0, 0.05) is 30.3 Å². The zero-order valence-corrected chi connectivity index (χ0v) is 15.4. The molecule has 0 aliphatic carbocycles. The summed E-state index contributed by atoms with van der Waals surface area (Å²) in [5, 5.41) is 10.5. The first-order valence-electron chi connectivity index (χ1n) is 7.60. The fourth-order valence-corrected chi connectivity index (χ4v) is 2.28. The van der Waals surface area contributed by atoms with Crippen molar-refractivity contribution in [2.45, 2.75) is 13.3 Å². The number of esters is 1. The van der Waals surface area contributed by atoms with Crippen LogP contribution in [0.3, 0.4) is 0 Å². The van der Waals surface area contributed by atoms with Gasteiger partial charge in [0.1, 0.15) is 17.9 Å². The molecule has 0 atom stereocenters. The van der Waals surface area contributed by atoms with E-state index in [-0.39, 0.29) is 18.3 Å². The molecule has 1 aromatic carbocycles. The lowest BCUT2D eigenvalue weighted by molar-refractivity contribution is -0.132. The fraction of sp³-hybridized carbons (Fsp3) is 0.250. The minimum Gasteiger partial charge on any atom is -0.493 e. The van der Waals surface area contributed by atoms with Crippen LogP contribution in [0, 0.1) is 0 Å². The van der Waals surface area contributed by atoms with Crippen molar-refractivity contribution < 1.29 is 14.3 Å². The molecular formula is C16H17Cl2N5O3. The molecule has 0 aliphatic rings. The normalized spacial score (nSPS) is 10.2. The number of carbonyl (C=O) groups is 1. The monoisotopic (exact) mass is 397 g/mol. The first-order chi connectivity index (χ1) is 12.2. The first kappa shape index (κ1) is 19.7. The van der Waals surface area contributed by atoms with E-state index in [1.165, 1.54) is 13.3 Å². The molecule has 0 unspecified atom stereocenters. The maximum Gasteiger partial charge on any atom is 0.309 e. The number of halogens is 2. The van der Waals surface area contributed by atoms with Gasteiger partial charge in [-0.05, 0) is 18.6 Å². The summed E-state index contributed by atoms with van der Waals surface area (Å²) in [6.07, 6.45) is 2.23. The van der Waals surface area contributed by atoms with Crippen LogP contribution in [-0.4, -0.2) is 38.6 Å². The fourth-order valence-electron chi connectivity index (χ4n) is 2.17. The summed E-state index contributed by atoms with van der Waals surface area (Å²) in [4.78, 5) is 19.4. The van der Waals surface area contributed by atoms with Gasteiger partial charge in [0.2, 0.25) is 5.88 Å². The zero-order chi connectivity index (χ0) is 17.6.